The SMILES string of the molecule is O=C(CN1CCCC(O)C1)c1ccc2c(c1)OCO2. The molecular weight excluding hydrogens is 246 g/mol. The Hall–Kier alpha value is -1.59. The third kappa shape index (κ3) is 2.72. The molecular formula is C14H17NO4. The molecule has 2 aliphatic heterocycles. The molecule has 1 saturated heterocycles. The Morgan fingerprint density at radius 2 is 2.21 bits per heavy atom. The van der Waals surface area contributed by atoms with E-state index in [4.69, 9.17) is 9.47 Å². The molecule has 1 unspecified atom stereocenters. The predicted octanol–water partition coefficient (Wildman–Crippen LogP) is 1.05. The van der Waals surface area contributed by atoms with E-state index in [0.29, 0.717) is 30.2 Å². The lowest BCUT2D eigenvalue weighted by Gasteiger charge is -2.29. The van der Waals surface area contributed by atoms with E-state index in [0.717, 1.165) is 19.4 Å². The number of likely N-dealkylation sites (tertiary alicyclic amines) is 1. The van der Waals surface area contributed by atoms with E-state index >= 15 is 0 Å². The van der Waals surface area contributed by atoms with Crippen molar-refractivity contribution in [3.63, 3.8) is 0 Å². The molecule has 0 saturated carbocycles. The van der Waals surface area contributed by atoms with Gasteiger partial charge in [0.05, 0.1) is 12.6 Å². The second-order valence-corrected chi connectivity index (χ2v) is 5.02. The van der Waals surface area contributed by atoms with Gasteiger partial charge in [-0.3, -0.25) is 9.69 Å². The summed E-state index contributed by atoms with van der Waals surface area (Å²) >= 11 is 0. The minimum absolute atomic E-state index is 0.0485. The molecule has 0 aliphatic carbocycles. The molecule has 3 rings (SSSR count). The van der Waals surface area contributed by atoms with Crippen LogP contribution in [0.2, 0.25) is 0 Å². The molecule has 1 atom stereocenters. The van der Waals surface area contributed by atoms with Crippen molar-refractivity contribution < 1.29 is 19.4 Å². The van der Waals surface area contributed by atoms with Gasteiger partial charge in [0.15, 0.2) is 17.3 Å². The van der Waals surface area contributed by atoms with E-state index in [-0.39, 0.29) is 18.7 Å². The number of Topliss-reactive ketones (excluding diaryl/α,β-unsaturated/α-hetero) is 1. The van der Waals surface area contributed by atoms with Gasteiger partial charge in [0.2, 0.25) is 6.79 Å². The van der Waals surface area contributed by atoms with E-state index < -0.39 is 0 Å². The minimum atomic E-state index is -0.307. The summed E-state index contributed by atoms with van der Waals surface area (Å²) in [4.78, 5) is 14.2. The average Bonchev–Trinajstić information content (AvgIpc) is 2.85. The summed E-state index contributed by atoms with van der Waals surface area (Å²) in [6.45, 7) is 2.01. The van der Waals surface area contributed by atoms with Crippen molar-refractivity contribution in [3.8, 4) is 11.5 Å². The Labute approximate surface area is 111 Å². The maximum atomic E-state index is 12.2. The number of piperidine rings is 1. The number of aliphatic hydroxyl groups excluding tert-OH is 1. The molecule has 1 N–H and O–H groups in total. The third-order valence-corrected chi connectivity index (χ3v) is 3.54. The van der Waals surface area contributed by atoms with Gasteiger partial charge in [0.1, 0.15) is 0 Å². The summed E-state index contributed by atoms with van der Waals surface area (Å²) in [5.74, 6) is 1.36. The first-order valence-corrected chi connectivity index (χ1v) is 6.55. The highest BCUT2D eigenvalue weighted by Crippen LogP contribution is 2.32. The summed E-state index contributed by atoms with van der Waals surface area (Å²) in [6.07, 6.45) is 1.46. The second-order valence-electron chi connectivity index (χ2n) is 5.02. The number of hydrogen-bond acceptors (Lipinski definition) is 5. The van der Waals surface area contributed by atoms with Crippen LogP contribution in [0.4, 0.5) is 0 Å². The number of carbonyl (C=O) groups is 1. The van der Waals surface area contributed by atoms with Gasteiger partial charge < -0.3 is 14.6 Å². The monoisotopic (exact) mass is 263 g/mol. The highest BCUT2D eigenvalue weighted by atomic mass is 16.7. The largest absolute Gasteiger partial charge is 0.454 e. The summed E-state index contributed by atoms with van der Waals surface area (Å²) in [7, 11) is 0. The van der Waals surface area contributed by atoms with Crippen LogP contribution in [0.15, 0.2) is 18.2 Å². The molecule has 19 heavy (non-hydrogen) atoms. The van der Waals surface area contributed by atoms with Crippen LogP contribution in [0.1, 0.15) is 23.2 Å². The quantitative estimate of drug-likeness (QED) is 0.826. The molecule has 0 bridgehead atoms. The number of nitrogens with zero attached hydrogens (tertiary/aromatic N) is 1. The fraction of sp³-hybridized carbons (Fsp3) is 0.500. The molecule has 2 aliphatic rings. The fourth-order valence-electron chi connectivity index (χ4n) is 2.54. The van der Waals surface area contributed by atoms with Gasteiger partial charge >= 0.3 is 0 Å². The van der Waals surface area contributed by atoms with Gasteiger partial charge in [-0.2, -0.15) is 0 Å². The molecule has 0 aromatic heterocycles. The van der Waals surface area contributed by atoms with Crippen LogP contribution in [-0.2, 0) is 0 Å². The first kappa shape index (κ1) is 12.4. The molecule has 0 amide bonds. The lowest BCUT2D eigenvalue weighted by molar-refractivity contribution is 0.0634. The Kier molecular flexibility index (Phi) is 3.40. The van der Waals surface area contributed by atoms with Gasteiger partial charge in [0, 0.05) is 12.1 Å². The summed E-state index contributed by atoms with van der Waals surface area (Å²) in [6, 6.07) is 5.25. The number of fused-ring (bicyclic) bond motifs is 1. The summed E-state index contributed by atoms with van der Waals surface area (Å²) in [5, 5.41) is 9.60. The second kappa shape index (κ2) is 5.19. The molecule has 2 heterocycles. The van der Waals surface area contributed by atoms with Crippen molar-refractivity contribution >= 4 is 5.78 Å². The molecule has 5 heteroatoms. The van der Waals surface area contributed by atoms with Crippen molar-refractivity contribution in [1.29, 1.82) is 0 Å². The van der Waals surface area contributed by atoms with E-state index in [1.807, 2.05) is 4.90 Å². The lowest BCUT2D eigenvalue weighted by Crippen LogP contribution is -2.41. The number of benzene rings is 1. The van der Waals surface area contributed by atoms with Gasteiger partial charge in [-0.05, 0) is 37.6 Å². The maximum Gasteiger partial charge on any atom is 0.231 e. The van der Waals surface area contributed by atoms with Crippen LogP contribution in [0.25, 0.3) is 0 Å². The van der Waals surface area contributed by atoms with Gasteiger partial charge in [0.25, 0.3) is 0 Å². The van der Waals surface area contributed by atoms with Gasteiger partial charge in [-0.25, -0.2) is 0 Å². The van der Waals surface area contributed by atoms with Crippen molar-refractivity contribution in [2.75, 3.05) is 26.4 Å². The Balaban J connectivity index is 1.67. The number of aliphatic hydroxyl groups is 1. The van der Waals surface area contributed by atoms with Crippen LogP contribution < -0.4 is 9.47 Å². The van der Waals surface area contributed by atoms with E-state index in [1.54, 1.807) is 18.2 Å². The fourth-order valence-corrected chi connectivity index (χ4v) is 2.54. The van der Waals surface area contributed by atoms with Crippen LogP contribution in [-0.4, -0.2) is 48.3 Å². The Morgan fingerprint density at radius 1 is 1.37 bits per heavy atom. The van der Waals surface area contributed by atoms with E-state index in [1.165, 1.54) is 0 Å². The smallest absolute Gasteiger partial charge is 0.231 e. The number of carbonyl (C=O) groups excluding carboxylic acids is 1. The number of hydrogen-bond donors (Lipinski definition) is 1. The van der Waals surface area contributed by atoms with Crippen molar-refractivity contribution in [2.45, 2.75) is 18.9 Å². The zero-order chi connectivity index (χ0) is 13.2. The van der Waals surface area contributed by atoms with Crippen LogP contribution in [0.5, 0.6) is 11.5 Å². The molecule has 1 aromatic carbocycles. The summed E-state index contributed by atoms with van der Waals surface area (Å²) < 4.78 is 10.5. The first-order valence-electron chi connectivity index (χ1n) is 6.55. The topological polar surface area (TPSA) is 59.0 Å². The third-order valence-electron chi connectivity index (χ3n) is 3.54. The van der Waals surface area contributed by atoms with Crippen LogP contribution >= 0.6 is 0 Å². The predicted molar refractivity (Wildman–Crippen MR) is 68.6 cm³/mol. The number of rotatable bonds is 3. The van der Waals surface area contributed by atoms with E-state index in [9.17, 15) is 9.90 Å². The number of β-amino-alcohol motifs (C(OH)–C–C–N with tert-alkyl or cyclic N) is 1. The first-order chi connectivity index (χ1) is 9.22. The van der Waals surface area contributed by atoms with Crippen LogP contribution in [0.3, 0.4) is 0 Å². The lowest BCUT2D eigenvalue weighted by atomic mass is 10.1. The van der Waals surface area contributed by atoms with Gasteiger partial charge in [-0.15, -0.1) is 0 Å². The van der Waals surface area contributed by atoms with Gasteiger partial charge in [-0.1, -0.05) is 0 Å². The molecule has 0 radical (unpaired) electrons. The van der Waals surface area contributed by atoms with Crippen molar-refractivity contribution in [2.24, 2.45) is 0 Å². The molecule has 1 aromatic rings. The molecule has 1 fully saturated rings. The maximum absolute atomic E-state index is 12.2. The highest BCUT2D eigenvalue weighted by Gasteiger charge is 2.21. The zero-order valence-electron chi connectivity index (χ0n) is 10.7. The molecule has 5 nitrogen and oxygen atoms in total. The summed E-state index contributed by atoms with van der Waals surface area (Å²) in [5.41, 5.74) is 0.629. The molecule has 102 valence electrons. The minimum Gasteiger partial charge on any atom is -0.454 e. The normalized spacial score (nSPS) is 22.5. The highest BCUT2D eigenvalue weighted by molar-refractivity contribution is 5.98. The number of ether oxygens (including phenoxy) is 2. The zero-order valence-corrected chi connectivity index (χ0v) is 10.7. The number of ketones is 1. The Bertz CT molecular complexity index is 488. The Morgan fingerprint density at radius 3 is 3.05 bits per heavy atom. The molecule has 0 spiro atoms. The van der Waals surface area contributed by atoms with E-state index in [2.05, 4.69) is 0 Å². The van der Waals surface area contributed by atoms with Crippen LogP contribution in [0, 0.1) is 0 Å². The van der Waals surface area contributed by atoms with Crippen molar-refractivity contribution in [3.05, 3.63) is 23.8 Å². The average molecular weight is 263 g/mol. The van der Waals surface area contributed by atoms with Crippen molar-refractivity contribution in [1.82, 2.24) is 4.90 Å². The standard InChI is InChI=1S/C14H17NO4/c16-11-2-1-5-15(7-11)8-12(17)10-3-4-13-14(6-10)19-9-18-13/h3-4,6,11,16H,1-2,5,7-9H2.